The lowest BCUT2D eigenvalue weighted by molar-refractivity contribution is -0.121. The van der Waals surface area contributed by atoms with E-state index in [9.17, 15) is 9.59 Å². The predicted octanol–water partition coefficient (Wildman–Crippen LogP) is 2.31. The molecule has 0 aliphatic carbocycles. The van der Waals surface area contributed by atoms with Gasteiger partial charge in [0.15, 0.2) is 0 Å². The van der Waals surface area contributed by atoms with Crippen LogP contribution in [-0.4, -0.2) is 52.9 Å². The Morgan fingerprint density at radius 3 is 2.57 bits per heavy atom. The molecule has 1 aliphatic heterocycles. The molecule has 0 unspecified atom stereocenters. The van der Waals surface area contributed by atoms with E-state index in [2.05, 4.69) is 36.2 Å². The molecule has 5 nitrogen and oxygen atoms in total. The van der Waals surface area contributed by atoms with Gasteiger partial charge in [0.1, 0.15) is 6.54 Å². The molecule has 0 bridgehead atoms. The zero-order chi connectivity index (χ0) is 16.7. The van der Waals surface area contributed by atoms with E-state index in [0.29, 0.717) is 13.1 Å². The third-order valence-corrected chi connectivity index (χ3v) is 4.95. The van der Waals surface area contributed by atoms with Crippen molar-refractivity contribution in [2.45, 2.75) is 26.9 Å². The first-order chi connectivity index (χ1) is 11.1. The van der Waals surface area contributed by atoms with Gasteiger partial charge in [-0.3, -0.25) is 14.5 Å². The lowest BCUT2D eigenvalue weighted by atomic mass is 10.1. The molecule has 0 spiro atoms. The zero-order valence-electron chi connectivity index (χ0n) is 13.9. The summed E-state index contributed by atoms with van der Waals surface area (Å²) in [7, 11) is 0. The molecule has 23 heavy (non-hydrogen) atoms. The van der Waals surface area contributed by atoms with Gasteiger partial charge in [0.25, 0.3) is 5.24 Å². The summed E-state index contributed by atoms with van der Waals surface area (Å²) in [5, 5.41) is 2.94. The van der Waals surface area contributed by atoms with E-state index in [4.69, 9.17) is 0 Å². The quantitative estimate of drug-likeness (QED) is 0.792. The molecule has 1 heterocycles. The standard InChI is InChI=1S/C17H25N3O2S/c1-3-19(4-2)12-15-8-6-5-7-14(15)11-18-16(21)13-20-9-10-23-17(20)22/h5-8H,3-4,9-13H2,1-2H3,(H,18,21). The van der Waals surface area contributed by atoms with Gasteiger partial charge in [-0.1, -0.05) is 49.9 Å². The Bertz CT molecular complexity index is 546. The summed E-state index contributed by atoms with van der Waals surface area (Å²) >= 11 is 1.28. The summed E-state index contributed by atoms with van der Waals surface area (Å²) in [4.78, 5) is 27.5. The number of nitrogens with one attached hydrogen (secondary N) is 1. The Hall–Kier alpha value is -1.53. The molecular weight excluding hydrogens is 310 g/mol. The molecule has 1 aliphatic rings. The van der Waals surface area contributed by atoms with Gasteiger partial charge in [0.2, 0.25) is 5.91 Å². The first-order valence-corrected chi connectivity index (χ1v) is 9.10. The smallest absolute Gasteiger partial charge is 0.282 e. The number of hydrogen-bond donors (Lipinski definition) is 1. The number of carbonyl (C=O) groups is 2. The Morgan fingerprint density at radius 1 is 1.26 bits per heavy atom. The third-order valence-electron chi connectivity index (χ3n) is 4.06. The predicted molar refractivity (Wildman–Crippen MR) is 94.3 cm³/mol. The van der Waals surface area contributed by atoms with Gasteiger partial charge in [0, 0.05) is 25.4 Å². The highest BCUT2D eigenvalue weighted by molar-refractivity contribution is 8.13. The SMILES string of the molecule is CCN(CC)Cc1ccccc1CNC(=O)CN1CCSC1=O. The molecular formula is C17H25N3O2S. The van der Waals surface area contributed by atoms with E-state index in [0.717, 1.165) is 31.0 Å². The average molecular weight is 335 g/mol. The normalized spacial score (nSPS) is 14.6. The van der Waals surface area contributed by atoms with Crippen molar-refractivity contribution in [2.24, 2.45) is 0 Å². The minimum absolute atomic E-state index is 0.00193. The Kier molecular flexibility index (Phi) is 6.92. The highest BCUT2D eigenvalue weighted by atomic mass is 32.2. The van der Waals surface area contributed by atoms with Crippen molar-refractivity contribution in [3.63, 3.8) is 0 Å². The average Bonchev–Trinajstić information content (AvgIpc) is 2.96. The molecule has 6 heteroatoms. The first kappa shape index (κ1) is 17.8. The number of amides is 2. The van der Waals surface area contributed by atoms with Gasteiger partial charge in [-0.15, -0.1) is 0 Å². The lowest BCUT2D eigenvalue weighted by Crippen LogP contribution is -2.37. The van der Waals surface area contributed by atoms with Crippen LogP contribution in [0.5, 0.6) is 0 Å². The summed E-state index contributed by atoms with van der Waals surface area (Å²) in [5.74, 6) is 0.678. The number of thioether (sulfide) groups is 1. The largest absolute Gasteiger partial charge is 0.350 e. The molecule has 1 aromatic carbocycles. The van der Waals surface area contributed by atoms with Crippen LogP contribution < -0.4 is 5.32 Å². The summed E-state index contributed by atoms with van der Waals surface area (Å²) in [6.07, 6.45) is 0. The van der Waals surface area contributed by atoms with E-state index in [-0.39, 0.29) is 17.7 Å². The maximum absolute atomic E-state index is 12.0. The van der Waals surface area contributed by atoms with E-state index < -0.39 is 0 Å². The minimum atomic E-state index is -0.0986. The number of rotatable bonds is 8. The minimum Gasteiger partial charge on any atom is -0.350 e. The molecule has 0 saturated carbocycles. The zero-order valence-corrected chi connectivity index (χ0v) is 14.7. The van der Waals surface area contributed by atoms with Gasteiger partial charge in [-0.05, 0) is 24.2 Å². The highest BCUT2D eigenvalue weighted by Gasteiger charge is 2.23. The molecule has 1 N–H and O–H groups in total. The van der Waals surface area contributed by atoms with Crippen molar-refractivity contribution < 1.29 is 9.59 Å². The van der Waals surface area contributed by atoms with Crippen molar-refractivity contribution in [1.82, 2.24) is 15.1 Å². The Balaban J connectivity index is 1.89. The van der Waals surface area contributed by atoms with E-state index in [1.807, 2.05) is 12.1 Å². The van der Waals surface area contributed by atoms with Crippen LogP contribution in [-0.2, 0) is 17.9 Å². The number of benzene rings is 1. The number of nitrogens with zero attached hydrogens (tertiary/aromatic N) is 2. The molecule has 2 rings (SSSR count). The monoisotopic (exact) mass is 335 g/mol. The molecule has 1 aromatic rings. The Labute approximate surface area is 142 Å². The number of carbonyl (C=O) groups excluding carboxylic acids is 2. The van der Waals surface area contributed by atoms with Crippen LogP contribution >= 0.6 is 11.8 Å². The summed E-state index contributed by atoms with van der Waals surface area (Å²) < 4.78 is 0. The number of hydrogen-bond acceptors (Lipinski definition) is 4. The van der Waals surface area contributed by atoms with E-state index in [1.165, 1.54) is 17.3 Å². The summed E-state index contributed by atoms with van der Waals surface area (Å²) in [6, 6.07) is 8.19. The van der Waals surface area contributed by atoms with E-state index >= 15 is 0 Å². The molecule has 126 valence electrons. The van der Waals surface area contributed by atoms with Crippen LogP contribution in [0.4, 0.5) is 4.79 Å². The van der Waals surface area contributed by atoms with Crippen molar-refractivity contribution in [1.29, 1.82) is 0 Å². The van der Waals surface area contributed by atoms with Crippen LogP contribution in [0, 0.1) is 0 Å². The van der Waals surface area contributed by atoms with Gasteiger partial charge in [0.05, 0.1) is 0 Å². The van der Waals surface area contributed by atoms with Gasteiger partial charge >= 0.3 is 0 Å². The molecule has 2 amide bonds. The second kappa shape index (κ2) is 8.93. The molecule has 0 atom stereocenters. The Morgan fingerprint density at radius 2 is 1.96 bits per heavy atom. The second-order valence-corrected chi connectivity index (χ2v) is 6.59. The van der Waals surface area contributed by atoms with Crippen molar-refractivity contribution in [2.75, 3.05) is 31.9 Å². The highest BCUT2D eigenvalue weighted by Crippen LogP contribution is 2.16. The first-order valence-electron chi connectivity index (χ1n) is 8.11. The lowest BCUT2D eigenvalue weighted by Gasteiger charge is -2.20. The maximum atomic E-state index is 12.0. The fourth-order valence-corrected chi connectivity index (χ4v) is 3.39. The molecule has 1 fully saturated rings. The molecule has 1 saturated heterocycles. The summed E-state index contributed by atoms with van der Waals surface area (Å²) in [6.45, 7) is 8.53. The topological polar surface area (TPSA) is 52.7 Å². The van der Waals surface area contributed by atoms with Crippen molar-refractivity contribution in [3.05, 3.63) is 35.4 Å². The molecule has 0 radical (unpaired) electrons. The van der Waals surface area contributed by atoms with Crippen molar-refractivity contribution in [3.8, 4) is 0 Å². The van der Waals surface area contributed by atoms with E-state index in [1.54, 1.807) is 4.90 Å². The van der Waals surface area contributed by atoms with Gasteiger partial charge < -0.3 is 10.2 Å². The fraction of sp³-hybridized carbons (Fsp3) is 0.529. The van der Waals surface area contributed by atoms with Crippen molar-refractivity contribution >= 4 is 22.9 Å². The van der Waals surface area contributed by atoms with Crippen LogP contribution in [0.25, 0.3) is 0 Å². The fourth-order valence-electron chi connectivity index (χ4n) is 2.56. The van der Waals surface area contributed by atoms with Crippen LogP contribution in [0.3, 0.4) is 0 Å². The third kappa shape index (κ3) is 5.25. The van der Waals surface area contributed by atoms with Crippen LogP contribution in [0.2, 0.25) is 0 Å². The molecule has 0 aromatic heterocycles. The van der Waals surface area contributed by atoms with Crippen LogP contribution in [0.15, 0.2) is 24.3 Å². The van der Waals surface area contributed by atoms with Crippen LogP contribution in [0.1, 0.15) is 25.0 Å². The van der Waals surface area contributed by atoms with Gasteiger partial charge in [-0.25, -0.2) is 0 Å². The van der Waals surface area contributed by atoms with Gasteiger partial charge in [-0.2, -0.15) is 0 Å². The second-order valence-electron chi connectivity index (χ2n) is 5.54. The maximum Gasteiger partial charge on any atom is 0.282 e. The summed E-state index contributed by atoms with van der Waals surface area (Å²) in [5.41, 5.74) is 2.37.